The molecule has 3 aromatic rings. The highest BCUT2D eigenvalue weighted by Crippen LogP contribution is 2.19. The summed E-state index contributed by atoms with van der Waals surface area (Å²) in [5, 5.41) is 4.97. The van der Waals surface area contributed by atoms with Crippen molar-refractivity contribution in [3.8, 4) is 0 Å². The van der Waals surface area contributed by atoms with Crippen LogP contribution in [0.5, 0.6) is 0 Å². The van der Waals surface area contributed by atoms with Gasteiger partial charge in [0.25, 0.3) is 5.91 Å². The first-order valence-corrected chi connectivity index (χ1v) is 9.26. The third kappa shape index (κ3) is 5.77. The largest absolute Gasteiger partial charge is 0.452 e. The molecule has 31 heavy (non-hydrogen) atoms. The van der Waals surface area contributed by atoms with Gasteiger partial charge >= 0.3 is 12.0 Å². The average molecular weight is 417 g/mol. The zero-order valence-electron chi connectivity index (χ0n) is 16.3. The fraction of sp³-hybridized carbons (Fsp3) is 0.0435. The summed E-state index contributed by atoms with van der Waals surface area (Å²) in [6.07, 6.45) is 0. The van der Waals surface area contributed by atoms with E-state index in [1.807, 2.05) is 0 Å². The Balaban J connectivity index is 1.61. The van der Waals surface area contributed by atoms with Crippen LogP contribution in [0, 0.1) is 0 Å². The summed E-state index contributed by atoms with van der Waals surface area (Å²) >= 11 is 0. The molecule has 8 heteroatoms. The highest BCUT2D eigenvalue weighted by molar-refractivity contribution is 6.14. The van der Waals surface area contributed by atoms with E-state index < -0.39 is 24.5 Å². The fourth-order valence-corrected chi connectivity index (χ4v) is 2.77. The van der Waals surface area contributed by atoms with Crippen molar-refractivity contribution in [2.45, 2.75) is 0 Å². The van der Waals surface area contributed by atoms with Crippen LogP contribution >= 0.6 is 0 Å². The highest BCUT2D eigenvalue weighted by Gasteiger charge is 2.16. The van der Waals surface area contributed by atoms with Crippen LogP contribution in [0.1, 0.15) is 26.3 Å². The molecule has 8 nitrogen and oxygen atoms in total. The van der Waals surface area contributed by atoms with Gasteiger partial charge in [0.1, 0.15) is 0 Å². The molecule has 0 aromatic heterocycles. The third-order valence-electron chi connectivity index (χ3n) is 4.20. The second kappa shape index (κ2) is 9.84. The summed E-state index contributed by atoms with van der Waals surface area (Å²) in [5.41, 5.74) is 6.77. The van der Waals surface area contributed by atoms with Gasteiger partial charge in [0.15, 0.2) is 12.4 Å². The number of nitrogens with one attached hydrogen (secondary N) is 2. The zero-order chi connectivity index (χ0) is 22.2. The lowest BCUT2D eigenvalue weighted by Crippen LogP contribution is -2.22. The van der Waals surface area contributed by atoms with Gasteiger partial charge in [0.05, 0.1) is 11.3 Å². The minimum Gasteiger partial charge on any atom is -0.452 e. The first-order valence-electron chi connectivity index (χ1n) is 9.26. The van der Waals surface area contributed by atoms with Gasteiger partial charge in [-0.15, -0.1) is 0 Å². The summed E-state index contributed by atoms with van der Waals surface area (Å²) in [4.78, 5) is 47.9. The molecule has 4 N–H and O–H groups in total. The van der Waals surface area contributed by atoms with E-state index in [2.05, 4.69) is 10.6 Å². The molecule has 0 radical (unpaired) electrons. The molecule has 0 fully saturated rings. The Hall–Kier alpha value is -4.46. The Morgan fingerprint density at radius 3 is 2.06 bits per heavy atom. The Bertz CT molecular complexity index is 1110. The van der Waals surface area contributed by atoms with Crippen molar-refractivity contribution < 1.29 is 23.9 Å². The molecule has 0 spiro atoms. The second-order valence-electron chi connectivity index (χ2n) is 6.43. The van der Waals surface area contributed by atoms with Gasteiger partial charge in [-0.05, 0) is 36.4 Å². The van der Waals surface area contributed by atoms with Gasteiger partial charge < -0.3 is 21.1 Å². The van der Waals surface area contributed by atoms with E-state index in [-0.39, 0.29) is 11.3 Å². The lowest BCUT2D eigenvalue weighted by atomic mass is 10.0. The van der Waals surface area contributed by atoms with Crippen molar-refractivity contribution in [2.75, 3.05) is 17.2 Å². The van der Waals surface area contributed by atoms with E-state index in [0.717, 1.165) is 0 Å². The minimum atomic E-state index is -0.724. The Morgan fingerprint density at radius 2 is 1.39 bits per heavy atom. The van der Waals surface area contributed by atoms with Crippen LogP contribution in [-0.4, -0.2) is 30.3 Å². The van der Waals surface area contributed by atoms with Crippen molar-refractivity contribution in [1.82, 2.24) is 0 Å². The lowest BCUT2D eigenvalue weighted by molar-refractivity contribution is -0.119. The molecule has 0 aliphatic rings. The average Bonchev–Trinajstić information content (AvgIpc) is 2.78. The van der Waals surface area contributed by atoms with E-state index in [9.17, 15) is 19.2 Å². The van der Waals surface area contributed by atoms with Gasteiger partial charge in [-0.1, -0.05) is 42.5 Å². The first-order chi connectivity index (χ1) is 14.9. The molecular formula is C23H19N3O5. The summed E-state index contributed by atoms with van der Waals surface area (Å²) in [7, 11) is 0. The van der Waals surface area contributed by atoms with Crippen LogP contribution in [0.2, 0.25) is 0 Å². The van der Waals surface area contributed by atoms with Crippen molar-refractivity contribution in [1.29, 1.82) is 0 Å². The second-order valence-corrected chi connectivity index (χ2v) is 6.43. The molecule has 156 valence electrons. The molecule has 3 rings (SSSR count). The molecule has 0 aliphatic carbocycles. The maximum atomic E-state index is 12.7. The van der Waals surface area contributed by atoms with E-state index in [0.29, 0.717) is 22.5 Å². The smallest absolute Gasteiger partial charge is 0.338 e. The number of amides is 3. The molecule has 0 saturated heterocycles. The molecular weight excluding hydrogens is 398 g/mol. The van der Waals surface area contributed by atoms with E-state index in [4.69, 9.17) is 10.5 Å². The van der Waals surface area contributed by atoms with Crippen molar-refractivity contribution in [3.05, 3.63) is 95.6 Å². The number of benzene rings is 3. The lowest BCUT2D eigenvalue weighted by Gasteiger charge is -2.11. The van der Waals surface area contributed by atoms with Crippen molar-refractivity contribution in [3.63, 3.8) is 0 Å². The number of carbonyl (C=O) groups excluding carboxylic acids is 4. The molecule has 0 saturated carbocycles. The number of hydrogen-bond acceptors (Lipinski definition) is 5. The molecule has 0 aliphatic heterocycles. The minimum absolute atomic E-state index is 0.197. The summed E-state index contributed by atoms with van der Waals surface area (Å²) < 4.78 is 5.02. The number of ether oxygens (including phenoxy) is 1. The predicted octanol–water partition coefficient (Wildman–Crippen LogP) is 3.20. The quantitative estimate of drug-likeness (QED) is 0.402. The Labute approximate surface area is 178 Å². The number of esters is 1. The maximum Gasteiger partial charge on any atom is 0.338 e. The van der Waals surface area contributed by atoms with Gasteiger partial charge in [-0.2, -0.15) is 0 Å². The monoisotopic (exact) mass is 417 g/mol. The van der Waals surface area contributed by atoms with Gasteiger partial charge in [-0.25, -0.2) is 9.59 Å². The molecule has 0 atom stereocenters. The molecule has 0 bridgehead atoms. The van der Waals surface area contributed by atoms with Crippen LogP contribution in [0.25, 0.3) is 0 Å². The summed E-state index contributed by atoms with van der Waals surface area (Å²) in [6, 6.07) is 20.4. The van der Waals surface area contributed by atoms with E-state index in [1.54, 1.807) is 54.6 Å². The van der Waals surface area contributed by atoms with E-state index in [1.165, 1.54) is 24.3 Å². The summed E-state index contributed by atoms with van der Waals surface area (Å²) in [5.74, 6) is -1.54. The number of urea groups is 1. The number of primary amides is 1. The number of ketones is 1. The SMILES string of the molecule is NC(=O)Nc1ccc(C(=O)OCC(=O)Nc2ccccc2C(=O)c2ccccc2)cc1. The van der Waals surface area contributed by atoms with Crippen LogP contribution in [0.4, 0.5) is 16.2 Å². The maximum absolute atomic E-state index is 12.7. The molecule has 3 amide bonds. The van der Waals surface area contributed by atoms with Gasteiger partial charge in [-0.3, -0.25) is 9.59 Å². The Morgan fingerprint density at radius 1 is 0.742 bits per heavy atom. The third-order valence-corrected chi connectivity index (χ3v) is 4.20. The number of anilines is 2. The number of rotatable bonds is 7. The van der Waals surface area contributed by atoms with Crippen LogP contribution in [0.15, 0.2) is 78.9 Å². The predicted molar refractivity (Wildman–Crippen MR) is 115 cm³/mol. The van der Waals surface area contributed by atoms with Gasteiger partial charge in [0.2, 0.25) is 0 Å². The topological polar surface area (TPSA) is 128 Å². The van der Waals surface area contributed by atoms with Crippen LogP contribution in [-0.2, 0) is 9.53 Å². The molecule has 3 aromatic carbocycles. The molecule has 0 unspecified atom stereocenters. The van der Waals surface area contributed by atoms with Crippen LogP contribution in [0.3, 0.4) is 0 Å². The number of carbonyl (C=O) groups is 4. The normalized spacial score (nSPS) is 10.1. The number of para-hydroxylation sites is 1. The first kappa shape index (κ1) is 21.3. The Kier molecular flexibility index (Phi) is 6.74. The highest BCUT2D eigenvalue weighted by atomic mass is 16.5. The zero-order valence-corrected chi connectivity index (χ0v) is 16.3. The molecule has 0 heterocycles. The fourth-order valence-electron chi connectivity index (χ4n) is 2.77. The number of hydrogen-bond donors (Lipinski definition) is 3. The van der Waals surface area contributed by atoms with Gasteiger partial charge in [0, 0.05) is 16.8 Å². The van der Waals surface area contributed by atoms with Crippen molar-refractivity contribution in [2.24, 2.45) is 5.73 Å². The standard InChI is InChI=1S/C23H19N3O5/c24-23(30)25-17-12-10-16(11-13-17)22(29)31-14-20(27)26-19-9-5-4-8-18(19)21(28)15-6-2-1-3-7-15/h1-13H,14H2,(H,26,27)(H3,24,25,30). The summed E-state index contributed by atoms with van der Waals surface area (Å²) in [6.45, 7) is -0.534. The van der Waals surface area contributed by atoms with E-state index >= 15 is 0 Å². The number of nitrogens with two attached hydrogens (primary N) is 1. The van der Waals surface area contributed by atoms with Crippen molar-refractivity contribution >= 4 is 35.1 Å². The van der Waals surface area contributed by atoms with Crippen LogP contribution < -0.4 is 16.4 Å².